The van der Waals surface area contributed by atoms with Crippen molar-refractivity contribution in [3.63, 3.8) is 0 Å². The molecule has 0 N–H and O–H groups in total. The molecule has 0 spiro atoms. The van der Waals surface area contributed by atoms with Crippen LogP contribution in [-0.4, -0.2) is 4.40 Å². The van der Waals surface area contributed by atoms with Gasteiger partial charge in [-0.3, -0.25) is 9.20 Å². The Morgan fingerprint density at radius 1 is 0.414 bits per heavy atom. The predicted molar refractivity (Wildman–Crippen MR) is 370 cm³/mol. The van der Waals surface area contributed by atoms with E-state index in [2.05, 4.69) is 160 Å². The molecular weight excluding hydrogens is 1050 g/mol. The number of pyridine rings is 1. The van der Waals surface area contributed by atoms with Gasteiger partial charge in [0.25, 0.3) is 5.56 Å². The minimum absolute atomic E-state index is 0.0831. The van der Waals surface area contributed by atoms with Crippen molar-refractivity contribution >= 4 is 38.0 Å². The Morgan fingerprint density at radius 3 is 1.36 bits per heavy atom. The molecule has 8 saturated carbocycles. The number of fused-ring (bicyclic) bond motifs is 15. The van der Waals surface area contributed by atoms with Gasteiger partial charge in [-0.1, -0.05) is 181 Å². The van der Waals surface area contributed by atoms with E-state index in [0.717, 1.165) is 105 Å². The molecule has 15 rings (SSSR count). The molecule has 2 heteroatoms. The molecule has 18 atom stereocenters. The summed E-state index contributed by atoms with van der Waals surface area (Å²) in [5.74, 6) is 14.0. The van der Waals surface area contributed by atoms with Crippen molar-refractivity contribution < 1.29 is 0 Å². The average Bonchev–Trinajstić information content (AvgIpc) is 1.74. The summed E-state index contributed by atoms with van der Waals surface area (Å²) in [6, 6.07) is 39.8. The Bertz CT molecular complexity index is 3690. The van der Waals surface area contributed by atoms with Gasteiger partial charge in [0.2, 0.25) is 0 Å². The second-order valence-electron chi connectivity index (χ2n) is 34.4. The lowest BCUT2D eigenvalue weighted by atomic mass is 9.43. The highest BCUT2D eigenvalue weighted by Gasteiger charge is 2.62. The van der Waals surface area contributed by atoms with Crippen LogP contribution in [0.5, 0.6) is 0 Å². The van der Waals surface area contributed by atoms with Gasteiger partial charge in [-0.2, -0.15) is 0 Å². The summed E-state index contributed by atoms with van der Waals surface area (Å²) < 4.78 is 2.04. The van der Waals surface area contributed by atoms with Crippen LogP contribution in [0.15, 0.2) is 108 Å². The Morgan fingerprint density at radius 2 is 0.851 bits per heavy atom. The summed E-state index contributed by atoms with van der Waals surface area (Å²) in [7, 11) is 0. The normalized spacial score (nSPS) is 36.4. The summed E-state index contributed by atoms with van der Waals surface area (Å²) in [5.41, 5.74) is 12.4. The number of hydrogen-bond acceptors (Lipinski definition) is 1. The van der Waals surface area contributed by atoms with E-state index in [1.165, 1.54) is 193 Å². The maximum atomic E-state index is 14.6. The molecule has 8 fully saturated rings. The smallest absolute Gasteiger partial charge is 0.263 e. The SMILES string of the molecule is CC(C)CCC[C@H](C)[C@@H]1CC[C@@H]2[C@H]3CC[C@@H]4CC(c5ccc(-c6ccc7c(c6)c6cc(-c8ccc(C9CC[C@]%10(C)[C@H](CC[C@H]%11[C@H]%10CC[C@]%10(C)[C@@H]%11CC[C@H]%10[C@@H](C)CCCC(C)C)C9)cc8)cc8c9ccccc9c(=O)n7c86)cc5)CC[C@@]4(C)[C@@H]3CC[C@]21C. The molecule has 2 aromatic heterocycles. The van der Waals surface area contributed by atoms with Gasteiger partial charge >= 0.3 is 0 Å². The molecule has 2 nitrogen and oxygen atoms in total. The third-order valence-corrected chi connectivity index (χ3v) is 29.7. The molecule has 2 unspecified atom stereocenters. The molecule has 462 valence electrons. The molecular formula is C85H111NO. The van der Waals surface area contributed by atoms with E-state index < -0.39 is 0 Å². The first kappa shape index (κ1) is 58.9. The average molecular weight is 1160 g/mol. The number of nitrogens with zero attached hydrogens (tertiary/aromatic N) is 1. The van der Waals surface area contributed by atoms with Gasteiger partial charge in [0.05, 0.1) is 11.0 Å². The van der Waals surface area contributed by atoms with Crippen LogP contribution in [-0.2, 0) is 0 Å². The van der Waals surface area contributed by atoms with Crippen LogP contribution in [0.4, 0.5) is 0 Å². The van der Waals surface area contributed by atoms with Crippen molar-refractivity contribution in [2.75, 3.05) is 0 Å². The Labute approximate surface area is 526 Å². The van der Waals surface area contributed by atoms with Crippen molar-refractivity contribution in [2.45, 2.75) is 235 Å². The van der Waals surface area contributed by atoms with E-state index in [9.17, 15) is 4.79 Å². The van der Waals surface area contributed by atoms with Gasteiger partial charge in [-0.25, -0.2) is 0 Å². The minimum atomic E-state index is 0.0831. The van der Waals surface area contributed by atoms with Crippen molar-refractivity contribution in [1.29, 1.82) is 0 Å². The fraction of sp³-hybridized carbons (Fsp3) is 0.635. The van der Waals surface area contributed by atoms with Crippen LogP contribution in [0, 0.1) is 105 Å². The summed E-state index contributed by atoms with van der Waals surface area (Å²) in [5, 5.41) is 5.37. The molecule has 5 aromatic carbocycles. The monoisotopic (exact) mass is 1160 g/mol. The molecule has 2 heterocycles. The molecule has 0 aliphatic heterocycles. The first-order valence-electron chi connectivity index (χ1n) is 36.9. The first-order chi connectivity index (χ1) is 41.9. The molecule has 8 aliphatic carbocycles. The second-order valence-corrected chi connectivity index (χ2v) is 34.4. The van der Waals surface area contributed by atoms with Crippen molar-refractivity contribution in [3.05, 3.63) is 125 Å². The summed E-state index contributed by atoms with van der Waals surface area (Å²) in [6.45, 7) is 26.0. The van der Waals surface area contributed by atoms with E-state index >= 15 is 0 Å². The van der Waals surface area contributed by atoms with Gasteiger partial charge in [0, 0.05) is 21.5 Å². The maximum Gasteiger partial charge on any atom is 0.263 e. The minimum Gasteiger partial charge on any atom is -0.275 e. The second kappa shape index (κ2) is 22.5. The molecule has 7 aromatic rings. The lowest BCUT2D eigenvalue weighted by molar-refractivity contribution is -0.117. The topological polar surface area (TPSA) is 21.5 Å². The van der Waals surface area contributed by atoms with Gasteiger partial charge in [-0.15, -0.1) is 0 Å². The zero-order chi connectivity index (χ0) is 59.9. The van der Waals surface area contributed by atoms with Crippen molar-refractivity contribution in [1.82, 2.24) is 4.40 Å². The van der Waals surface area contributed by atoms with Crippen LogP contribution >= 0.6 is 0 Å². The Kier molecular flexibility index (Phi) is 15.2. The van der Waals surface area contributed by atoms with Crippen LogP contribution in [0.2, 0.25) is 0 Å². The van der Waals surface area contributed by atoms with Crippen LogP contribution in [0.1, 0.15) is 246 Å². The number of hydrogen-bond donors (Lipinski definition) is 0. The van der Waals surface area contributed by atoms with Crippen LogP contribution in [0.3, 0.4) is 0 Å². The molecule has 0 amide bonds. The first-order valence-corrected chi connectivity index (χ1v) is 36.9. The quantitative estimate of drug-likeness (QED) is 0.0995. The van der Waals surface area contributed by atoms with E-state index in [1.807, 2.05) is 16.5 Å². The van der Waals surface area contributed by atoms with E-state index in [0.29, 0.717) is 33.5 Å². The third kappa shape index (κ3) is 9.63. The standard InChI is InChI=1S/C85H111NO/c1-52(2)15-13-17-54(5)73-34-36-75-68-32-30-64-47-61(39-43-82(64,7)77(68)41-45-84(73,75)9)57-23-21-56(22-24-57)60-29-38-79-70(49-60)72-51-63(50-71-66-19-11-12-20-67(66)81(87)86(79)80(71)72)59-27-25-58(26-28-59)62-40-44-83(8)65(48-62)31-33-69-76-37-35-74(55(6)18-14-16-53(3)4)85(76,10)46-42-78(69)83/h11-12,19-29,38,49-55,61-62,64-65,68-69,73-78H,13-18,30-37,39-48H2,1-10H3/t54-,55-,61?,62?,64+,65+,68+,69+,73-,74-,75+,76+,77+,78+,82+,83+,84-,85-/m0/s1. The molecule has 8 aliphatic rings. The molecule has 0 bridgehead atoms. The van der Waals surface area contributed by atoms with E-state index in [1.54, 1.807) is 11.1 Å². The fourth-order valence-corrected chi connectivity index (χ4v) is 25.0. The fourth-order valence-electron chi connectivity index (χ4n) is 25.0. The highest BCUT2D eigenvalue weighted by atomic mass is 16.1. The van der Waals surface area contributed by atoms with Gasteiger partial charge < -0.3 is 0 Å². The molecule has 0 radical (unpaired) electrons. The number of aromatic nitrogens is 1. The predicted octanol–water partition coefficient (Wildman–Crippen LogP) is 23.9. The zero-order valence-electron chi connectivity index (χ0n) is 55.9. The third-order valence-electron chi connectivity index (χ3n) is 29.7. The summed E-state index contributed by atoms with van der Waals surface area (Å²) >= 11 is 0. The summed E-state index contributed by atoms with van der Waals surface area (Å²) in [6.07, 6.45) is 34.5. The van der Waals surface area contributed by atoms with E-state index in [-0.39, 0.29) is 5.56 Å². The van der Waals surface area contributed by atoms with Gasteiger partial charge in [-0.05, 0) is 301 Å². The number of benzene rings is 5. The number of rotatable bonds is 14. The highest BCUT2D eigenvalue weighted by Crippen LogP contribution is 2.71. The summed E-state index contributed by atoms with van der Waals surface area (Å²) in [4.78, 5) is 14.6. The lowest BCUT2D eigenvalue weighted by Crippen LogP contribution is -2.53. The maximum absolute atomic E-state index is 14.6. The molecule has 0 saturated heterocycles. The Balaban J connectivity index is 0.649. The Hall–Kier alpha value is -4.43. The largest absolute Gasteiger partial charge is 0.275 e. The van der Waals surface area contributed by atoms with Gasteiger partial charge in [0.15, 0.2) is 0 Å². The zero-order valence-corrected chi connectivity index (χ0v) is 55.9. The van der Waals surface area contributed by atoms with Crippen LogP contribution in [0.25, 0.3) is 60.2 Å². The highest BCUT2D eigenvalue weighted by molar-refractivity contribution is 6.22. The van der Waals surface area contributed by atoms with Gasteiger partial charge in [0.1, 0.15) is 0 Å². The van der Waals surface area contributed by atoms with Crippen LogP contribution < -0.4 is 5.56 Å². The lowest BCUT2D eigenvalue weighted by Gasteiger charge is -2.61. The van der Waals surface area contributed by atoms with Crippen molar-refractivity contribution in [2.24, 2.45) is 105 Å². The van der Waals surface area contributed by atoms with E-state index in [4.69, 9.17) is 0 Å². The molecule has 87 heavy (non-hydrogen) atoms. The van der Waals surface area contributed by atoms with Crippen molar-refractivity contribution in [3.8, 4) is 22.3 Å².